The standard InChI is InChI=1S/C15H12ClNO3/c16-12-6-3-5-11(8-12)15(20)17-13-7-2-1-4-10(13)9-14(18)19/h1-8H,9H2,(H,17,20)(H,18,19). The number of rotatable bonds is 4. The highest BCUT2D eigenvalue weighted by atomic mass is 35.5. The molecule has 2 aromatic rings. The first-order valence-corrected chi connectivity index (χ1v) is 6.30. The number of aliphatic carboxylic acids is 1. The zero-order chi connectivity index (χ0) is 14.5. The van der Waals surface area contributed by atoms with E-state index in [1.54, 1.807) is 48.5 Å². The molecule has 2 aromatic carbocycles. The maximum absolute atomic E-state index is 12.1. The topological polar surface area (TPSA) is 66.4 Å². The molecule has 0 aliphatic rings. The Kier molecular flexibility index (Phi) is 4.38. The van der Waals surface area contributed by atoms with E-state index in [0.29, 0.717) is 21.8 Å². The summed E-state index contributed by atoms with van der Waals surface area (Å²) in [6, 6.07) is 13.4. The number of carboxylic acid groups (broad SMARTS) is 1. The van der Waals surface area contributed by atoms with Gasteiger partial charge in [0.2, 0.25) is 0 Å². The molecule has 0 heterocycles. The van der Waals surface area contributed by atoms with Crippen LogP contribution in [0, 0.1) is 0 Å². The van der Waals surface area contributed by atoms with E-state index in [-0.39, 0.29) is 12.3 Å². The second-order valence-corrected chi connectivity index (χ2v) is 4.63. The van der Waals surface area contributed by atoms with Crippen LogP contribution in [0.3, 0.4) is 0 Å². The maximum Gasteiger partial charge on any atom is 0.307 e. The molecular weight excluding hydrogens is 278 g/mol. The third-order valence-corrected chi connectivity index (χ3v) is 2.93. The Labute approximate surface area is 121 Å². The number of hydrogen-bond donors (Lipinski definition) is 2. The lowest BCUT2D eigenvalue weighted by Gasteiger charge is -2.09. The van der Waals surface area contributed by atoms with Crippen molar-refractivity contribution in [2.75, 3.05) is 5.32 Å². The van der Waals surface area contributed by atoms with Crippen LogP contribution in [0.25, 0.3) is 0 Å². The molecule has 0 unspecified atom stereocenters. The van der Waals surface area contributed by atoms with Crippen molar-refractivity contribution in [3.63, 3.8) is 0 Å². The van der Waals surface area contributed by atoms with E-state index in [4.69, 9.17) is 16.7 Å². The second-order valence-electron chi connectivity index (χ2n) is 4.19. The molecule has 2 rings (SSSR count). The molecule has 0 aliphatic carbocycles. The highest BCUT2D eigenvalue weighted by Crippen LogP contribution is 2.18. The lowest BCUT2D eigenvalue weighted by Crippen LogP contribution is -2.14. The van der Waals surface area contributed by atoms with Crippen molar-refractivity contribution < 1.29 is 14.7 Å². The van der Waals surface area contributed by atoms with Crippen molar-refractivity contribution >= 4 is 29.2 Å². The fourth-order valence-corrected chi connectivity index (χ4v) is 1.97. The lowest BCUT2D eigenvalue weighted by molar-refractivity contribution is -0.136. The van der Waals surface area contributed by atoms with Gasteiger partial charge in [-0.1, -0.05) is 35.9 Å². The summed E-state index contributed by atoms with van der Waals surface area (Å²) in [4.78, 5) is 22.9. The summed E-state index contributed by atoms with van der Waals surface area (Å²) in [6.07, 6.45) is -0.147. The van der Waals surface area contributed by atoms with Gasteiger partial charge in [-0.3, -0.25) is 9.59 Å². The predicted octanol–water partition coefficient (Wildman–Crippen LogP) is 3.22. The van der Waals surface area contributed by atoms with Gasteiger partial charge in [0, 0.05) is 16.3 Å². The zero-order valence-corrected chi connectivity index (χ0v) is 11.2. The Hall–Kier alpha value is -2.33. The number of anilines is 1. The maximum atomic E-state index is 12.1. The summed E-state index contributed by atoms with van der Waals surface area (Å²) < 4.78 is 0. The van der Waals surface area contributed by atoms with Gasteiger partial charge in [-0.05, 0) is 29.8 Å². The van der Waals surface area contributed by atoms with Crippen molar-refractivity contribution in [3.05, 3.63) is 64.7 Å². The minimum absolute atomic E-state index is 0.147. The monoisotopic (exact) mass is 289 g/mol. The average Bonchev–Trinajstić information content (AvgIpc) is 2.40. The Morgan fingerprint density at radius 1 is 1.10 bits per heavy atom. The number of halogens is 1. The SMILES string of the molecule is O=C(O)Cc1ccccc1NC(=O)c1cccc(Cl)c1. The largest absolute Gasteiger partial charge is 0.481 e. The predicted molar refractivity (Wildman–Crippen MR) is 77.2 cm³/mol. The molecule has 0 atom stereocenters. The van der Waals surface area contributed by atoms with Crippen LogP contribution in [-0.4, -0.2) is 17.0 Å². The smallest absolute Gasteiger partial charge is 0.307 e. The minimum Gasteiger partial charge on any atom is -0.481 e. The summed E-state index contributed by atoms with van der Waals surface area (Å²) in [6.45, 7) is 0. The van der Waals surface area contributed by atoms with Crippen LogP contribution in [0.1, 0.15) is 15.9 Å². The van der Waals surface area contributed by atoms with E-state index < -0.39 is 5.97 Å². The molecule has 0 aromatic heterocycles. The number of carbonyl (C=O) groups excluding carboxylic acids is 1. The Morgan fingerprint density at radius 3 is 2.55 bits per heavy atom. The Balaban J connectivity index is 2.21. The van der Waals surface area contributed by atoms with E-state index in [2.05, 4.69) is 5.32 Å². The first-order chi connectivity index (χ1) is 9.56. The quantitative estimate of drug-likeness (QED) is 0.908. The number of carboxylic acids is 1. The molecule has 0 spiro atoms. The van der Waals surface area contributed by atoms with Crippen LogP contribution in [0.4, 0.5) is 5.69 Å². The summed E-state index contributed by atoms with van der Waals surface area (Å²) in [5.74, 6) is -1.28. The molecule has 0 radical (unpaired) electrons. The molecule has 4 nitrogen and oxygen atoms in total. The van der Waals surface area contributed by atoms with Crippen LogP contribution < -0.4 is 5.32 Å². The number of para-hydroxylation sites is 1. The van der Waals surface area contributed by atoms with Crippen molar-refractivity contribution in [2.24, 2.45) is 0 Å². The molecule has 0 saturated heterocycles. The van der Waals surface area contributed by atoms with Crippen LogP contribution >= 0.6 is 11.6 Å². The third kappa shape index (κ3) is 3.59. The average molecular weight is 290 g/mol. The Bertz CT molecular complexity index is 655. The third-order valence-electron chi connectivity index (χ3n) is 2.69. The van der Waals surface area contributed by atoms with Crippen molar-refractivity contribution in [1.82, 2.24) is 0 Å². The first-order valence-electron chi connectivity index (χ1n) is 5.93. The number of amides is 1. The van der Waals surface area contributed by atoms with Crippen LogP contribution in [0.5, 0.6) is 0 Å². The molecule has 0 bridgehead atoms. The van der Waals surface area contributed by atoms with Gasteiger partial charge in [0.1, 0.15) is 0 Å². The van der Waals surface area contributed by atoms with Crippen LogP contribution in [-0.2, 0) is 11.2 Å². The molecule has 2 N–H and O–H groups in total. The van der Waals surface area contributed by atoms with Gasteiger partial charge in [0.15, 0.2) is 0 Å². The molecule has 0 saturated carbocycles. The molecular formula is C15H12ClNO3. The fraction of sp³-hybridized carbons (Fsp3) is 0.0667. The summed E-state index contributed by atoms with van der Waals surface area (Å²) in [7, 11) is 0. The van der Waals surface area contributed by atoms with Gasteiger partial charge in [-0.15, -0.1) is 0 Å². The number of carbonyl (C=O) groups is 2. The second kappa shape index (κ2) is 6.21. The van der Waals surface area contributed by atoms with Gasteiger partial charge in [0.05, 0.1) is 6.42 Å². The van der Waals surface area contributed by atoms with Gasteiger partial charge >= 0.3 is 5.97 Å². The summed E-state index contributed by atoms with van der Waals surface area (Å²) in [5, 5.41) is 12.0. The van der Waals surface area contributed by atoms with Gasteiger partial charge < -0.3 is 10.4 Å². The Morgan fingerprint density at radius 2 is 1.85 bits per heavy atom. The van der Waals surface area contributed by atoms with E-state index in [1.165, 1.54) is 0 Å². The lowest BCUT2D eigenvalue weighted by atomic mass is 10.1. The van der Waals surface area contributed by atoms with E-state index in [9.17, 15) is 9.59 Å². The molecule has 0 fully saturated rings. The fourth-order valence-electron chi connectivity index (χ4n) is 1.78. The van der Waals surface area contributed by atoms with E-state index in [0.717, 1.165) is 0 Å². The van der Waals surface area contributed by atoms with Gasteiger partial charge in [-0.2, -0.15) is 0 Å². The highest BCUT2D eigenvalue weighted by Gasteiger charge is 2.11. The van der Waals surface area contributed by atoms with E-state index >= 15 is 0 Å². The van der Waals surface area contributed by atoms with Crippen molar-refractivity contribution in [2.45, 2.75) is 6.42 Å². The molecule has 1 amide bonds. The minimum atomic E-state index is -0.950. The van der Waals surface area contributed by atoms with E-state index in [1.807, 2.05) is 0 Å². The molecule has 5 heteroatoms. The zero-order valence-electron chi connectivity index (χ0n) is 10.5. The highest BCUT2D eigenvalue weighted by molar-refractivity contribution is 6.31. The van der Waals surface area contributed by atoms with Crippen molar-refractivity contribution in [1.29, 1.82) is 0 Å². The van der Waals surface area contributed by atoms with Gasteiger partial charge in [0.25, 0.3) is 5.91 Å². The van der Waals surface area contributed by atoms with Crippen molar-refractivity contribution in [3.8, 4) is 0 Å². The first kappa shape index (κ1) is 14.1. The number of benzene rings is 2. The number of nitrogens with one attached hydrogen (secondary N) is 1. The number of hydrogen-bond acceptors (Lipinski definition) is 2. The van der Waals surface area contributed by atoms with Gasteiger partial charge in [-0.25, -0.2) is 0 Å². The molecule has 0 aliphatic heterocycles. The molecule has 102 valence electrons. The van der Waals surface area contributed by atoms with Crippen LogP contribution in [0.2, 0.25) is 5.02 Å². The van der Waals surface area contributed by atoms with Crippen LogP contribution in [0.15, 0.2) is 48.5 Å². The molecule has 20 heavy (non-hydrogen) atoms. The summed E-state index contributed by atoms with van der Waals surface area (Å²) in [5.41, 5.74) is 1.46. The normalized spacial score (nSPS) is 10.1. The summed E-state index contributed by atoms with van der Waals surface area (Å²) >= 11 is 5.83.